The molecule has 0 aliphatic heterocycles. The third kappa shape index (κ3) is 2.91. The van der Waals surface area contributed by atoms with Crippen molar-refractivity contribution in [2.24, 2.45) is 5.73 Å². The fourth-order valence-corrected chi connectivity index (χ4v) is 3.21. The van der Waals surface area contributed by atoms with Gasteiger partial charge in [0.15, 0.2) is 0 Å². The molecule has 1 amide bonds. The largest absolute Gasteiger partial charge is 0.394 e. The normalized spacial score (nSPS) is 20.3. The van der Waals surface area contributed by atoms with Crippen molar-refractivity contribution in [3.8, 4) is 0 Å². The summed E-state index contributed by atoms with van der Waals surface area (Å²) in [5, 5.41) is 14.4. The molecular weight excluding hydrogens is 248 g/mol. The Morgan fingerprint density at radius 3 is 2.78 bits per heavy atom. The molecule has 0 saturated heterocycles. The molecular formula is C13H20N2O2S. The highest BCUT2D eigenvalue weighted by molar-refractivity contribution is 7.10. The zero-order valence-corrected chi connectivity index (χ0v) is 11.2. The molecule has 100 valence electrons. The average molecular weight is 268 g/mol. The summed E-state index contributed by atoms with van der Waals surface area (Å²) >= 11 is 1.48. The highest BCUT2D eigenvalue weighted by atomic mass is 32.1. The summed E-state index contributed by atoms with van der Waals surface area (Å²) in [6.45, 7) is -0.00407. The summed E-state index contributed by atoms with van der Waals surface area (Å²) in [7, 11) is 0. The molecule has 1 aromatic heterocycles. The van der Waals surface area contributed by atoms with Gasteiger partial charge in [0.25, 0.3) is 0 Å². The number of hydrogen-bond acceptors (Lipinski definition) is 4. The van der Waals surface area contributed by atoms with Crippen molar-refractivity contribution in [2.75, 3.05) is 6.61 Å². The Balaban J connectivity index is 2.01. The van der Waals surface area contributed by atoms with E-state index in [0.717, 1.165) is 30.6 Å². The van der Waals surface area contributed by atoms with E-state index in [-0.39, 0.29) is 12.5 Å². The van der Waals surface area contributed by atoms with E-state index in [1.54, 1.807) is 0 Å². The predicted molar refractivity (Wildman–Crippen MR) is 72.3 cm³/mol. The lowest BCUT2D eigenvalue weighted by molar-refractivity contribution is -0.125. The van der Waals surface area contributed by atoms with Gasteiger partial charge in [-0.05, 0) is 24.3 Å². The lowest BCUT2D eigenvalue weighted by atomic mass is 9.82. The molecule has 0 bridgehead atoms. The summed E-state index contributed by atoms with van der Waals surface area (Å²) in [5.41, 5.74) is 5.48. The zero-order valence-electron chi connectivity index (χ0n) is 10.4. The highest BCUT2D eigenvalue weighted by Gasteiger charge is 2.34. The number of amides is 1. The summed E-state index contributed by atoms with van der Waals surface area (Å²) < 4.78 is 0. The van der Waals surface area contributed by atoms with E-state index in [1.807, 2.05) is 17.5 Å². The van der Waals surface area contributed by atoms with E-state index < -0.39 is 11.6 Å². The molecule has 1 unspecified atom stereocenters. The van der Waals surface area contributed by atoms with Crippen LogP contribution in [-0.4, -0.2) is 23.2 Å². The Morgan fingerprint density at radius 2 is 2.22 bits per heavy atom. The van der Waals surface area contributed by atoms with Crippen LogP contribution in [0.4, 0.5) is 0 Å². The van der Waals surface area contributed by atoms with Crippen LogP contribution in [0.3, 0.4) is 0 Å². The molecule has 18 heavy (non-hydrogen) atoms. The van der Waals surface area contributed by atoms with Crippen LogP contribution in [0.1, 0.15) is 43.0 Å². The Bertz CT molecular complexity index is 386. The van der Waals surface area contributed by atoms with E-state index in [0.29, 0.717) is 0 Å². The minimum Gasteiger partial charge on any atom is -0.394 e. The quantitative estimate of drug-likeness (QED) is 0.775. The number of thiophene rings is 1. The Kier molecular flexibility index (Phi) is 4.37. The number of rotatable bonds is 4. The Morgan fingerprint density at radius 1 is 1.50 bits per heavy atom. The van der Waals surface area contributed by atoms with Crippen LogP contribution in [0.2, 0.25) is 0 Å². The molecule has 0 radical (unpaired) electrons. The van der Waals surface area contributed by atoms with Gasteiger partial charge in [0.2, 0.25) is 5.91 Å². The van der Waals surface area contributed by atoms with E-state index in [2.05, 4.69) is 5.32 Å². The first-order valence-corrected chi connectivity index (χ1v) is 7.27. The van der Waals surface area contributed by atoms with Gasteiger partial charge in [-0.15, -0.1) is 11.3 Å². The van der Waals surface area contributed by atoms with Gasteiger partial charge in [0.1, 0.15) is 6.04 Å². The van der Waals surface area contributed by atoms with Gasteiger partial charge < -0.3 is 16.2 Å². The number of aliphatic hydroxyl groups is 1. The Labute approximate surface area is 111 Å². The van der Waals surface area contributed by atoms with E-state index in [1.165, 1.54) is 17.8 Å². The lowest BCUT2D eigenvalue weighted by Gasteiger charge is -2.37. The number of nitrogens with one attached hydrogen (secondary N) is 1. The van der Waals surface area contributed by atoms with Crippen LogP contribution >= 0.6 is 11.3 Å². The van der Waals surface area contributed by atoms with E-state index in [9.17, 15) is 9.90 Å². The summed E-state index contributed by atoms with van der Waals surface area (Å²) in [6, 6.07) is 3.12. The van der Waals surface area contributed by atoms with Crippen molar-refractivity contribution in [1.29, 1.82) is 0 Å². The minimum atomic E-state index is -0.629. The molecule has 4 nitrogen and oxygen atoms in total. The predicted octanol–water partition coefficient (Wildman–Crippen LogP) is 1.56. The third-order valence-electron chi connectivity index (χ3n) is 3.63. The summed E-state index contributed by atoms with van der Waals surface area (Å²) in [5.74, 6) is -0.187. The molecule has 1 aliphatic carbocycles. The maximum absolute atomic E-state index is 12.1. The van der Waals surface area contributed by atoms with Crippen LogP contribution in [0.15, 0.2) is 17.5 Å². The van der Waals surface area contributed by atoms with Gasteiger partial charge in [-0.3, -0.25) is 4.79 Å². The first-order chi connectivity index (χ1) is 8.67. The number of carbonyl (C=O) groups excluding carboxylic acids is 1. The van der Waals surface area contributed by atoms with Crippen molar-refractivity contribution in [3.05, 3.63) is 22.4 Å². The average Bonchev–Trinajstić information content (AvgIpc) is 2.92. The maximum atomic E-state index is 12.1. The van der Waals surface area contributed by atoms with E-state index in [4.69, 9.17) is 5.73 Å². The molecule has 0 spiro atoms. The van der Waals surface area contributed by atoms with Gasteiger partial charge >= 0.3 is 0 Å². The smallest absolute Gasteiger partial charge is 0.242 e. The fraction of sp³-hybridized carbons (Fsp3) is 0.615. The van der Waals surface area contributed by atoms with Gasteiger partial charge in [-0.2, -0.15) is 0 Å². The van der Waals surface area contributed by atoms with Crippen LogP contribution in [0.25, 0.3) is 0 Å². The second kappa shape index (κ2) is 5.82. The first kappa shape index (κ1) is 13.5. The molecule has 5 heteroatoms. The number of aliphatic hydroxyl groups excluding tert-OH is 1. The van der Waals surface area contributed by atoms with Gasteiger partial charge in [0.05, 0.1) is 12.1 Å². The van der Waals surface area contributed by atoms with E-state index >= 15 is 0 Å². The van der Waals surface area contributed by atoms with Crippen molar-refractivity contribution >= 4 is 17.2 Å². The molecule has 0 aromatic carbocycles. The van der Waals surface area contributed by atoms with Crippen molar-refractivity contribution in [2.45, 2.75) is 43.7 Å². The van der Waals surface area contributed by atoms with Crippen molar-refractivity contribution < 1.29 is 9.90 Å². The zero-order chi connectivity index (χ0) is 13.0. The Hall–Kier alpha value is -0.910. The molecule has 1 fully saturated rings. The summed E-state index contributed by atoms with van der Waals surface area (Å²) in [4.78, 5) is 13.0. The number of hydrogen-bond donors (Lipinski definition) is 3. The van der Waals surface area contributed by atoms with Gasteiger partial charge in [-0.1, -0.05) is 25.3 Å². The van der Waals surface area contributed by atoms with Crippen LogP contribution in [-0.2, 0) is 4.79 Å². The monoisotopic (exact) mass is 268 g/mol. The molecule has 1 aliphatic rings. The first-order valence-electron chi connectivity index (χ1n) is 6.39. The molecule has 1 aromatic rings. The van der Waals surface area contributed by atoms with Gasteiger partial charge in [0, 0.05) is 4.88 Å². The van der Waals surface area contributed by atoms with Gasteiger partial charge in [-0.25, -0.2) is 0 Å². The maximum Gasteiger partial charge on any atom is 0.242 e. The SMILES string of the molecule is NC(C(=O)NC1(CO)CCCCC1)c1cccs1. The van der Waals surface area contributed by atoms with Crippen molar-refractivity contribution in [3.63, 3.8) is 0 Å². The second-order valence-electron chi connectivity index (χ2n) is 4.98. The van der Waals surface area contributed by atoms with Crippen LogP contribution < -0.4 is 11.1 Å². The third-order valence-corrected chi connectivity index (χ3v) is 4.59. The standard InChI is InChI=1S/C13H20N2O2S/c14-11(10-5-4-8-18-10)12(17)15-13(9-16)6-2-1-3-7-13/h4-5,8,11,16H,1-3,6-7,9,14H2,(H,15,17). The second-order valence-corrected chi connectivity index (χ2v) is 5.96. The fourth-order valence-electron chi connectivity index (χ4n) is 2.49. The lowest BCUT2D eigenvalue weighted by Crippen LogP contribution is -2.54. The number of nitrogens with two attached hydrogens (primary N) is 1. The van der Waals surface area contributed by atoms with Crippen LogP contribution in [0.5, 0.6) is 0 Å². The molecule has 1 atom stereocenters. The highest BCUT2D eigenvalue weighted by Crippen LogP contribution is 2.28. The molecule has 4 N–H and O–H groups in total. The minimum absolute atomic E-state index is 0.00407. The number of carbonyl (C=O) groups is 1. The summed E-state index contributed by atoms with van der Waals surface area (Å²) in [6.07, 6.45) is 4.96. The topological polar surface area (TPSA) is 75.4 Å². The van der Waals surface area contributed by atoms with Crippen molar-refractivity contribution in [1.82, 2.24) is 5.32 Å². The van der Waals surface area contributed by atoms with Crippen LogP contribution in [0, 0.1) is 0 Å². The molecule has 1 heterocycles. The molecule has 1 saturated carbocycles. The molecule has 2 rings (SSSR count).